The molecule has 0 radical (unpaired) electrons. The maximum atomic E-state index is 11.5. The van der Waals surface area contributed by atoms with Gasteiger partial charge in [0.15, 0.2) is 15.5 Å². The standard InChI is InChI=1S/C10H16N2O4S/c1-4-17(15,16)6-9-11-8(10(13)14)5-12(9)7(2)3/h5,7H,4,6H2,1-3H3,(H,13,14). The molecule has 96 valence electrons. The molecule has 0 spiro atoms. The van der Waals surface area contributed by atoms with Crippen molar-refractivity contribution in [1.82, 2.24) is 9.55 Å². The minimum absolute atomic E-state index is 0.0142. The zero-order valence-electron chi connectivity index (χ0n) is 10.0. The molecule has 0 aliphatic rings. The van der Waals surface area contributed by atoms with E-state index in [0.717, 1.165) is 0 Å². The van der Waals surface area contributed by atoms with E-state index in [1.807, 2.05) is 13.8 Å². The SMILES string of the molecule is CCS(=O)(=O)Cc1nc(C(=O)O)cn1C(C)C. The van der Waals surface area contributed by atoms with Gasteiger partial charge in [-0.05, 0) is 13.8 Å². The predicted molar refractivity (Wildman–Crippen MR) is 62.7 cm³/mol. The smallest absolute Gasteiger partial charge is 0.356 e. The first-order valence-electron chi connectivity index (χ1n) is 5.28. The Balaban J connectivity index is 3.18. The van der Waals surface area contributed by atoms with E-state index in [2.05, 4.69) is 4.98 Å². The van der Waals surface area contributed by atoms with Crippen LogP contribution in [-0.2, 0) is 15.6 Å². The van der Waals surface area contributed by atoms with Crippen LogP contribution in [0.4, 0.5) is 0 Å². The van der Waals surface area contributed by atoms with E-state index < -0.39 is 15.8 Å². The average molecular weight is 260 g/mol. The lowest BCUT2D eigenvalue weighted by Gasteiger charge is -2.10. The number of aromatic carboxylic acids is 1. The molecule has 17 heavy (non-hydrogen) atoms. The summed E-state index contributed by atoms with van der Waals surface area (Å²) < 4.78 is 24.6. The second kappa shape index (κ2) is 4.87. The van der Waals surface area contributed by atoms with Gasteiger partial charge in [-0.25, -0.2) is 18.2 Å². The highest BCUT2D eigenvalue weighted by Gasteiger charge is 2.19. The van der Waals surface area contributed by atoms with Gasteiger partial charge in [-0.1, -0.05) is 6.92 Å². The molecule has 0 saturated heterocycles. The Kier molecular flexibility index (Phi) is 3.92. The highest BCUT2D eigenvalue weighted by Crippen LogP contribution is 2.14. The number of hydrogen-bond acceptors (Lipinski definition) is 4. The molecule has 0 unspecified atom stereocenters. The molecule has 0 fully saturated rings. The van der Waals surface area contributed by atoms with E-state index in [0.29, 0.717) is 0 Å². The summed E-state index contributed by atoms with van der Waals surface area (Å²) >= 11 is 0. The lowest BCUT2D eigenvalue weighted by molar-refractivity contribution is 0.0691. The second-order valence-electron chi connectivity index (χ2n) is 4.03. The third-order valence-electron chi connectivity index (χ3n) is 2.37. The fourth-order valence-corrected chi connectivity index (χ4v) is 2.20. The third kappa shape index (κ3) is 3.29. The Morgan fingerprint density at radius 1 is 1.53 bits per heavy atom. The highest BCUT2D eigenvalue weighted by molar-refractivity contribution is 7.90. The lowest BCUT2D eigenvalue weighted by atomic mass is 10.4. The van der Waals surface area contributed by atoms with Crippen LogP contribution in [0.25, 0.3) is 0 Å². The number of aromatic nitrogens is 2. The lowest BCUT2D eigenvalue weighted by Crippen LogP contribution is -2.13. The number of carbonyl (C=O) groups is 1. The number of sulfone groups is 1. The van der Waals surface area contributed by atoms with Gasteiger partial charge in [-0.3, -0.25) is 0 Å². The first-order valence-corrected chi connectivity index (χ1v) is 7.10. The number of imidazole rings is 1. The van der Waals surface area contributed by atoms with Crippen molar-refractivity contribution in [3.63, 3.8) is 0 Å². The van der Waals surface area contributed by atoms with Crippen LogP contribution in [0.15, 0.2) is 6.20 Å². The van der Waals surface area contributed by atoms with Crippen LogP contribution in [0.1, 0.15) is 43.1 Å². The van der Waals surface area contributed by atoms with Crippen molar-refractivity contribution in [2.24, 2.45) is 0 Å². The molecule has 0 aliphatic heterocycles. The van der Waals surface area contributed by atoms with Crippen molar-refractivity contribution in [2.75, 3.05) is 5.75 Å². The molecule has 1 aromatic heterocycles. The summed E-state index contributed by atoms with van der Waals surface area (Å²) in [5.41, 5.74) is -0.125. The van der Waals surface area contributed by atoms with E-state index in [1.54, 1.807) is 11.5 Å². The fraction of sp³-hybridized carbons (Fsp3) is 0.600. The summed E-state index contributed by atoms with van der Waals surface area (Å²) in [4.78, 5) is 14.6. The van der Waals surface area contributed by atoms with E-state index in [9.17, 15) is 13.2 Å². The van der Waals surface area contributed by atoms with Crippen LogP contribution in [0.5, 0.6) is 0 Å². The van der Waals surface area contributed by atoms with Gasteiger partial charge in [-0.15, -0.1) is 0 Å². The van der Waals surface area contributed by atoms with Crippen LogP contribution in [-0.4, -0.2) is 34.8 Å². The molecule has 0 atom stereocenters. The van der Waals surface area contributed by atoms with E-state index in [4.69, 9.17) is 5.11 Å². The molecular formula is C10H16N2O4S. The molecule has 0 saturated carbocycles. The topological polar surface area (TPSA) is 89.3 Å². The molecule has 1 aromatic rings. The summed E-state index contributed by atoms with van der Waals surface area (Å²) in [6, 6.07) is -0.0299. The Morgan fingerprint density at radius 3 is 2.53 bits per heavy atom. The first kappa shape index (κ1) is 13.7. The molecule has 1 rings (SSSR count). The van der Waals surface area contributed by atoms with Crippen LogP contribution < -0.4 is 0 Å². The monoisotopic (exact) mass is 260 g/mol. The molecule has 0 aromatic carbocycles. The van der Waals surface area contributed by atoms with E-state index in [1.165, 1.54) is 6.20 Å². The minimum atomic E-state index is -3.22. The summed E-state index contributed by atoms with van der Waals surface area (Å²) in [5, 5.41) is 8.83. The van der Waals surface area contributed by atoms with Gasteiger partial charge in [0, 0.05) is 18.0 Å². The minimum Gasteiger partial charge on any atom is -0.476 e. The van der Waals surface area contributed by atoms with Crippen molar-refractivity contribution in [3.05, 3.63) is 17.7 Å². The van der Waals surface area contributed by atoms with Crippen molar-refractivity contribution in [3.8, 4) is 0 Å². The molecule has 1 heterocycles. The van der Waals surface area contributed by atoms with Crippen molar-refractivity contribution in [2.45, 2.75) is 32.6 Å². The summed E-state index contributed by atoms with van der Waals surface area (Å²) in [7, 11) is -3.22. The molecule has 7 heteroatoms. The molecule has 6 nitrogen and oxygen atoms in total. The Labute approximate surface area is 100 Å². The van der Waals surface area contributed by atoms with Gasteiger partial charge >= 0.3 is 5.97 Å². The predicted octanol–water partition coefficient (Wildman–Crippen LogP) is 1.10. The van der Waals surface area contributed by atoms with Crippen molar-refractivity contribution in [1.29, 1.82) is 0 Å². The van der Waals surface area contributed by atoms with E-state index >= 15 is 0 Å². The van der Waals surface area contributed by atoms with E-state index in [-0.39, 0.29) is 29.1 Å². The number of carboxylic acid groups (broad SMARTS) is 1. The Morgan fingerprint density at radius 2 is 2.12 bits per heavy atom. The summed E-state index contributed by atoms with van der Waals surface area (Å²) in [6.07, 6.45) is 1.37. The molecular weight excluding hydrogens is 244 g/mol. The zero-order chi connectivity index (χ0) is 13.2. The molecule has 0 aliphatic carbocycles. The Hall–Kier alpha value is -1.37. The second-order valence-corrected chi connectivity index (χ2v) is 6.38. The maximum Gasteiger partial charge on any atom is 0.356 e. The van der Waals surface area contributed by atoms with Gasteiger partial charge in [-0.2, -0.15) is 0 Å². The van der Waals surface area contributed by atoms with Crippen LogP contribution in [0.2, 0.25) is 0 Å². The summed E-state index contributed by atoms with van der Waals surface area (Å²) in [5.74, 6) is -1.09. The number of carboxylic acids is 1. The van der Waals surface area contributed by atoms with Gasteiger partial charge in [0.1, 0.15) is 11.6 Å². The zero-order valence-corrected chi connectivity index (χ0v) is 10.9. The van der Waals surface area contributed by atoms with Gasteiger partial charge in [0.2, 0.25) is 0 Å². The number of hydrogen-bond donors (Lipinski definition) is 1. The third-order valence-corrected chi connectivity index (χ3v) is 3.95. The first-order chi connectivity index (χ1) is 7.76. The van der Waals surface area contributed by atoms with Crippen molar-refractivity contribution >= 4 is 15.8 Å². The maximum absolute atomic E-state index is 11.5. The highest BCUT2D eigenvalue weighted by atomic mass is 32.2. The van der Waals surface area contributed by atoms with Crippen LogP contribution in [0.3, 0.4) is 0 Å². The normalized spacial score (nSPS) is 12.0. The van der Waals surface area contributed by atoms with Gasteiger partial charge < -0.3 is 9.67 Å². The molecule has 1 N–H and O–H groups in total. The quantitative estimate of drug-likeness (QED) is 0.856. The van der Waals surface area contributed by atoms with Crippen molar-refractivity contribution < 1.29 is 18.3 Å². The van der Waals surface area contributed by atoms with Crippen LogP contribution in [0, 0.1) is 0 Å². The van der Waals surface area contributed by atoms with Gasteiger partial charge in [0.25, 0.3) is 0 Å². The van der Waals surface area contributed by atoms with Gasteiger partial charge in [0.05, 0.1) is 0 Å². The summed E-state index contributed by atoms with van der Waals surface area (Å²) in [6.45, 7) is 5.24. The fourth-order valence-electron chi connectivity index (χ4n) is 1.39. The number of nitrogens with zero attached hydrogens (tertiary/aromatic N) is 2. The molecule has 0 amide bonds. The van der Waals surface area contributed by atoms with Crippen LogP contribution >= 0.6 is 0 Å². The average Bonchev–Trinajstić information content (AvgIpc) is 2.61. The largest absolute Gasteiger partial charge is 0.476 e. The number of rotatable bonds is 5. The molecule has 0 bridgehead atoms. The Bertz CT molecular complexity index is 516.